The molecule has 19 heavy (non-hydrogen) atoms. The minimum atomic E-state index is 0.481. The molecule has 5 nitrogen and oxygen atoms in total. The van der Waals surface area contributed by atoms with Crippen LogP contribution in [0.15, 0.2) is 6.20 Å². The third kappa shape index (κ3) is 2.98. The van der Waals surface area contributed by atoms with Gasteiger partial charge in [0.25, 0.3) is 0 Å². The van der Waals surface area contributed by atoms with E-state index < -0.39 is 0 Å². The lowest BCUT2D eigenvalue weighted by molar-refractivity contribution is 0.0573. The van der Waals surface area contributed by atoms with Gasteiger partial charge in [-0.3, -0.25) is 9.58 Å². The van der Waals surface area contributed by atoms with E-state index in [1.165, 1.54) is 45.1 Å². The van der Waals surface area contributed by atoms with Crippen LogP contribution in [0.1, 0.15) is 44.2 Å². The summed E-state index contributed by atoms with van der Waals surface area (Å²) >= 11 is 0. The fourth-order valence-electron chi connectivity index (χ4n) is 3.78. The van der Waals surface area contributed by atoms with E-state index >= 15 is 0 Å². The second-order valence-electron chi connectivity index (χ2n) is 5.97. The van der Waals surface area contributed by atoms with Gasteiger partial charge in [-0.1, -0.05) is 18.1 Å². The van der Waals surface area contributed by atoms with Gasteiger partial charge in [0.1, 0.15) is 0 Å². The smallest absolute Gasteiger partial charge is 0.0962 e. The zero-order chi connectivity index (χ0) is 13.1. The molecular weight excluding hydrogens is 238 g/mol. The van der Waals surface area contributed by atoms with Gasteiger partial charge in [0.05, 0.1) is 12.2 Å². The molecule has 1 aromatic heterocycles. The van der Waals surface area contributed by atoms with Gasteiger partial charge in [0.15, 0.2) is 0 Å². The van der Waals surface area contributed by atoms with Gasteiger partial charge in [-0.05, 0) is 38.1 Å². The predicted octanol–water partition coefficient (Wildman–Crippen LogP) is 1.39. The van der Waals surface area contributed by atoms with Crippen molar-refractivity contribution in [3.8, 4) is 0 Å². The lowest BCUT2D eigenvalue weighted by Gasteiger charge is -2.44. The van der Waals surface area contributed by atoms with Crippen molar-refractivity contribution in [3.63, 3.8) is 0 Å². The first-order valence-corrected chi connectivity index (χ1v) is 7.70. The Hall–Kier alpha value is -0.940. The predicted molar refractivity (Wildman–Crippen MR) is 74.5 cm³/mol. The van der Waals surface area contributed by atoms with Crippen molar-refractivity contribution in [1.29, 1.82) is 0 Å². The maximum Gasteiger partial charge on any atom is 0.0962 e. The van der Waals surface area contributed by atoms with Gasteiger partial charge >= 0.3 is 0 Å². The zero-order valence-corrected chi connectivity index (χ0v) is 11.7. The molecule has 0 spiro atoms. The van der Waals surface area contributed by atoms with Crippen LogP contribution in [0, 0.1) is 5.92 Å². The maximum absolute atomic E-state index is 5.56. The van der Waals surface area contributed by atoms with E-state index in [4.69, 9.17) is 5.73 Å². The van der Waals surface area contributed by atoms with Gasteiger partial charge in [0.2, 0.25) is 0 Å². The Kier molecular flexibility index (Phi) is 4.13. The van der Waals surface area contributed by atoms with Crippen LogP contribution in [0.2, 0.25) is 0 Å². The molecule has 0 amide bonds. The first-order valence-electron chi connectivity index (χ1n) is 7.70. The van der Waals surface area contributed by atoms with Crippen LogP contribution < -0.4 is 5.73 Å². The summed E-state index contributed by atoms with van der Waals surface area (Å²) in [5.74, 6) is 0.956. The second-order valence-corrected chi connectivity index (χ2v) is 5.97. The highest BCUT2D eigenvalue weighted by molar-refractivity contribution is 4.91. The molecule has 2 N–H and O–H groups in total. The molecule has 2 unspecified atom stereocenters. The SMILES string of the molecule is NCc1cn(CCN2CCCC3CCCCC32)nn1. The summed E-state index contributed by atoms with van der Waals surface area (Å²) in [7, 11) is 0. The number of hydrogen-bond acceptors (Lipinski definition) is 4. The van der Waals surface area contributed by atoms with Crippen LogP contribution in [0.5, 0.6) is 0 Å². The first-order chi connectivity index (χ1) is 9.36. The van der Waals surface area contributed by atoms with Crippen molar-refractivity contribution in [1.82, 2.24) is 19.9 Å². The quantitative estimate of drug-likeness (QED) is 0.892. The molecule has 0 radical (unpaired) electrons. The first kappa shape index (κ1) is 13.1. The Bertz CT molecular complexity index is 400. The van der Waals surface area contributed by atoms with Crippen LogP contribution in [-0.2, 0) is 13.1 Å². The second kappa shape index (κ2) is 6.01. The number of likely N-dealkylation sites (tertiary alicyclic amines) is 1. The van der Waals surface area contributed by atoms with Crippen molar-refractivity contribution < 1.29 is 0 Å². The van der Waals surface area contributed by atoms with E-state index in [0.717, 1.165) is 30.7 Å². The number of rotatable bonds is 4. The third-order valence-corrected chi connectivity index (χ3v) is 4.77. The molecular formula is C14H25N5. The summed E-state index contributed by atoms with van der Waals surface area (Å²) in [6.07, 6.45) is 10.5. The molecule has 3 rings (SSSR count). The average Bonchev–Trinajstić information content (AvgIpc) is 2.93. The van der Waals surface area contributed by atoms with E-state index in [2.05, 4.69) is 15.2 Å². The van der Waals surface area contributed by atoms with Crippen molar-refractivity contribution in [3.05, 3.63) is 11.9 Å². The van der Waals surface area contributed by atoms with Gasteiger partial charge < -0.3 is 5.73 Å². The average molecular weight is 263 g/mol. The third-order valence-electron chi connectivity index (χ3n) is 4.77. The highest BCUT2D eigenvalue weighted by atomic mass is 15.4. The number of aromatic nitrogens is 3. The number of nitrogens with zero attached hydrogens (tertiary/aromatic N) is 4. The summed E-state index contributed by atoms with van der Waals surface area (Å²) < 4.78 is 1.94. The Morgan fingerprint density at radius 3 is 2.84 bits per heavy atom. The van der Waals surface area contributed by atoms with Crippen molar-refractivity contribution in [2.45, 2.75) is 57.7 Å². The fourth-order valence-corrected chi connectivity index (χ4v) is 3.78. The molecule has 1 aliphatic carbocycles. The number of fused-ring (bicyclic) bond motifs is 1. The van der Waals surface area contributed by atoms with Crippen LogP contribution in [0.4, 0.5) is 0 Å². The highest BCUT2D eigenvalue weighted by Crippen LogP contribution is 2.34. The van der Waals surface area contributed by atoms with Gasteiger partial charge in [-0.25, -0.2) is 0 Å². The molecule has 1 saturated heterocycles. The number of piperidine rings is 1. The van der Waals surface area contributed by atoms with E-state index in [1.54, 1.807) is 0 Å². The van der Waals surface area contributed by atoms with Crippen LogP contribution in [-0.4, -0.2) is 39.0 Å². The van der Waals surface area contributed by atoms with Gasteiger partial charge in [-0.15, -0.1) is 5.10 Å². The number of nitrogens with two attached hydrogens (primary N) is 1. The van der Waals surface area contributed by atoms with E-state index in [-0.39, 0.29) is 0 Å². The van der Waals surface area contributed by atoms with Crippen molar-refractivity contribution in [2.75, 3.05) is 13.1 Å². The molecule has 2 aliphatic rings. The molecule has 0 bridgehead atoms. The Morgan fingerprint density at radius 1 is 1.16 bits per heavy atom. The number of hydrogen-bond donors (Lipinski definition) is 1. The molecule has 1 saturated carbocycles. The largest absolute Gasteiger partial charge is 0.325 e. The fraction of sp³-hybridized carbons (Fsp3) is 0.857. The zero-order valence-electron chi connectivity index (χ0n) is 11.7. The molecule has 106 valence electrons. The molecule has 5 heteroatoms. The van der Waals surface area contributed by atoms with E-state index in [0.29, 0.717) is 6.54 Å². The van der Waals surface area contributed by atoms with Crippen molar-refractivity contribution in [2.24, 2.45) is 11.7 Å². The molecule has 2 fully saturated rings. The lowest BCUT2D eigenvalue weighted by atomic mass is 9.78. The summed E-state index contributed by atoms with van der Waals surface area (Å²) in [6.45, 7) is 3.79. The Balaban J connectivity index is 1.56. The van der Waals surface area contributed by atoms with Crippen LogP contribution in [0.25, 0.3) is 0 Å². The Labute approximate surface area is 115 Å². The summed E-state index contributed by atoms with van der Waals surface area (Å²) in [4.78, 5) is 2.69. The topological polar surface area (TPSA) is 60.0 Å². The molecule has 1 aliphatic heterocycles. The molecule has 2 atom stereocenters. The highest BCUT2D eigenvalue weighted by Gasteiger charge is 2.32. The van der Waals surface area contributed by atoms with Crippen molar-refractivity contribution >= 4 is 0 Å². The monoisotopic (exact) mass is 263 g/mol. The van der Waals surface area contributed by atoms with Gasteiger partial charge in [-0.2, -0.15) is 0 Å². The molecule has 0 aromatic carbocycles. The molecule has 1 aromatic rings. The van der Waals surface area contributed by atoms with Crippen LogP contribution >= 0.6 is 0 Å². The summed E-state index contributed by atoms with van der Waals surface area (Å²) in [6, 6.07) is 0.833. The van der Waals surface area contributed by atoms with E-state index in [1.807, 2.05) is 10.9 Å². The lowest BCUT2D eigenvalue weighted by Crippen LogP contribution is -2.47. The summed E-state index contributed by atoms with van der Waals surface area (Å²) in [5, 5.41) is 8.18. The summed E-state index contributed by atoms with van der Waals surface area (Å²) in [5.41, 5.74) is 6.45. The van der Waals surface area contributed by atoms with E-state index in [9.17, 15) is 0 Å². The minimum absolute atomic E-state index is 0.481. The minimum Gasteiger partial charge on any atom is -0.325 e. The molecule has 2 heterocycles. The Morgan fingerprint density at radius 2 is 2.00 bits per heavy atom. The standard InChI is InChI=1S/C14H25N5/c15-10-13-11-19(17-16-13)9-8-18-7-3-5-12-4-1-2-6-14(12)18/h11-12,14H,1-10,15H2. The van der Waals surface area contributed by atoms with Gasteiger partial charge in [0, 0.05) is 25.3 Å². The maximum atomic E-state index is 5.56. The normalized spacial score (nSPS) is 28.3. The van der Waals surface area contributed by atoms with Crippen LogP contribution in [0.3, 0.4) is 0 Å².